The van der Waals surface area contributed by atoms with Gasteiger partial charge in [-0.2, -0.15) is 0 Å². The quantitative estimate of drug-likeness (QED) is 0.473. The average molecular weight is 431 g/mol. The van der Waals surface area contributed by atoms with Crippen molar-refractivity contribution in [3.8, 4) is 0 Å². The summed E-state index contributed by atoms with van der Waals surface area (Å²) in [5.74, 6) is -0.326. The maximum atomic E-state index is 12.7. The second kappa shape index (κ2) is 6.65. The number of H-pyrrole nitrogens is 1. The third-order valence-electron chi connectivity index (χ3n) is 5.16. The maximum Gasteiger partial charge on any atom is 0.229 e. The van der Waals surface area contributed by atoms with Gasteiger partial charge in [-0.25, -0.2) is 4.98 Å². The summed E-state index contributed by atoms with van der Waals surface area (Å²) in [5.41, 5.74) is 3.95. The average Bonchev–Trinajstić information content (AvgIpc) is 3.27. The Bertz CT molecular complexity index is 1230. The van der Waals surface area contributed by atoms with Gasteiger partial charge in [-0.1, -0.05) is 34.5 Å². The molecule has 0 radical (unpaired) electrons. The second-order valence-electron chi connectivity index (χ2n) is 6.86. The first-order valence-electron chi connectivity index (χ1n) is 8.86. The number of rotatable bonds is 2. The maximum absolute atomic E-state index is 12.7. The van der Waals surface area contributed by atoms with Gasteiger partial charge in [0.15, 0.2) is 5.13 Å². The van der Waals surface area contributed by atoms with Crippen LogP contribution in [0.25, 0.3) is 21.1 Å². The molecule has 142 valence electrons. The van der Waals surface area contributed by atoms with Gasteiger partial charge in [0.2, 0.25) is 5.91 Å². The molecule has 2 aromatic heterocycles. The van der Waals surface area contributed by atoms with Crippen molar-refractivity contribution in [3.63, 3.8) is 0 Å². The summed E-state index contributed by atoms with van der Waals surface area (Å²) in [6.07, 6.45) is 0. The van der Waals surface area contributed by atoms with Crippen LogP contribution in [0.1, 0.15) is 17.2 Å². The van der Waals surface area contributed by atoms with Crippen LogP contribution in [0.2, 0.25) is 10.0 Å². The molecule has 28 heavy (non-hydrogen) atoms. The van der Waals surface area contributed by atoms with Gasteiger partial charge in [0.1, 0.15) is 0 Å². The van der Waals surface area contributed by atoms with Crippen LogP contribution in [-0.2, 0) is 11.3 Å². The van der Waals surface area contributed by atoms with Crippen molar-refractivity contribution in [2.45, 2.75) is 12.5 Å². The van der Waals surface area contributed by atoms with Crippen LogP contribution in [0.5, 0.6) is 0 Å². The third-order valence-corrected chi connectivity index (χ3v) is 6.70. The van der Waals surface area contributed by atoms with Crippen LogP contribution < -0.4 is 10.2 Å². The molecule has 3 heterocycles. The number of nitrogens with zero attached hydrogens (tertiary/aromatic N) is 2. The van der Waals surface area contributed by atoms with E-state index >= 15 is 0 Å². The molecule has 8 heteroatoms. The minimum absolute atomic E-state index is 0.0176. The molecule has 0 spiro atoms. The van der Waals surface area contributed by atoms with Crippen molar-refractivity contribution in [2.75, 3.05) is 18.5 Å². The molecule has 0 bridgehead atoms. The highest BCUT2D eigenvalue weighted by Crippen LogP contribution is 2.39. The number of benzene rings is 2. The van der Waals surface area contributed by atoms with Gasteiger partial charge >= 0.3 is 0 Å². The second-order valence-corrected chi connectivity index (χ2v) is 8.74. The minimum atomic E-state index is -0.309. The predicted molar refractivity (Wildman–Crippen MR) is 116 cm³/mol. The van der Waals surface area contributed by atoms with Gasteiger partial charge in [-0.05, 0) is 42.0 Å². The largest absolute Gasteiger partial charge is 0.359 e. The highest BCUT2D eigenvalue weighted by atomic mass is 35.5. The molecule has 1 aliphatic heterocycles. The van der Waals surface area contributed by atoms with Crippen LogP contribution in [0.3, 0.4) is 0 Å². The first-order valence-corrected chi connectivity index (χ1v) is 10.4. The number of anilines is 1. The lowest BCUT2D eigenvalue weighted by atomic mass is 9.91. The smallest absolute Gasteiger partial charge is 0.229 e. The molecule has 0 fully saturated rings. The SMILES string of the molecule is CNC(=O)C1CN(c2nc3ccc(Cl)cc3s2)Cc2[nH]c3ccc(Cl)cc3c21. The fraction of sp³-hybridized carbons (Fsp3) is 0.200. The number of carbonyl (C=O) groups is 1. The molecule has 0 saturated heterocycles. The number of amides is 1. The Morgan fingerprint density at radius 3 is 2.86 bits per heavy atom. The van der Waals surface area contributed by atoms with Crippen molar-refractivity contribution < 1.29 is 4.79 Å². The summed E-state index contributed by atoms with van der Waals surface area (Å²) in [5, 5.41) is 6.05. The number of hydrogen-bond acceptors (Lipinski definition) is 4. The van der Waals surface area contributed by atoms with E-state index in [2.05, 4.69) is 15.2 Å². The molecular weight excluding hydrogens is 415 g/mol. The predicted octanol–water partition coefficient (Wildman–Crippen LogP) is 4.93. The van der Waals surface area contributed by atoms with E-state index < -0.39 is 0 Å². The molecule has 4 aromatic rings. The zero-order chi connectivity index (χ0) is 19.4. The van der Waals surface area contributed by atoms with E-state index in [0.29, 0.717) is 23.1 Å². The zero-order valence-electron chi connectivity index (χ0n) is 14.9. The first-order chi connectivity index (χ1) is 13.5. The summed E-state index contributed by atoms with van der Waals surface area (Å²) in [6.45, 7) is 1.21. The number of hydrogen-bond donors (Lipinski definition) is 2. The van der Waals surface area contributed by atoms with Crippen molar-refractivity contribution in [1.82, 2.24) is 15.3 Å². The van der Waals surface area contributed by atoms with Crippen LogP contribution in [0, 0.1) is 0 Å². The zero-order valence-corrected chi connectivity index (χ0v) is 17.3. The number of likely N-dealkylation sites (N-methyl/N-ethyl adjacent to an activating group) is 1. The Morgan fingerprint density at radius 2 is 2.04 bits per heavy atom. The molecule has 2 N–H and O–H groups in total. The lowest BCUT2D eigenvalue weighted by Gasteiger charge is -2.32. The number of fused-ring (bicyclic) bond motifs is 4. The van der Waals surface area contributed by atoms with Crippen LogP contribution >= 0.6 is 34.5 Å². The number of halogens is 2. The summed E-state index contributed by atoms with van der Waals surface area (Å²) < 4.78 is 1.04. The van der Waals surface area contributed by atoms with Gasteiger partial charge in [0.25, 0.3) is 0 Å². The molecule has 5 rings (SSSR count). The van der Waals surface area contributed by atoms with Gasteiger partial charge < -0.3 is 15.2 Å². The number of carbonyl (C=O) groups excluding carboxylic acids is 1. The van der Waals surface area contributed by atoms with E-state index in [4.69, 9.17) is 28.2 Å². The molecule has 1 atom stereocenters. The van der Waals surface area contributed by atoms with E-state index in [-0.39, 0.29) is 11.8 Å². The summed E-state index contributed by atoms with van der Waals surface area (Å²) in [7, 11) is 1.67. The van der Waals surface area contributed by atoms with Gasteiger partial charge in [0.05, 0.1) is 22.7 Å². The van der Waals surface area contributed by atoms with E-state index in [1.807, 2.05) is 36.4 Å². The lowest BCUT2D eigenvalue weighted by molar-refractivity contribution is -0.122. The van der Waals surface area contributed by atoms with Crippen LogP contribution in [0.15, 0.2) is 36.4 Å². The Labute approximate surface area is 175 Å². The van der Waals surface area contributed by atoms with E-state index in [9.17, 15) is 4.79 Å². The fourth-order valence-electron chi connectivity index (χ4n) is 3.89. The highest BCUT2D eigenvalue weighted by molar-refractivity contribution is 7.22. The number of aromatic amines is 1. The fourth-order valence-corrected chi connectivity index (χ4v) is 5.31. The summed E-state index contributed by atoms with van der Waals surface area (Å²) in [4.78, 5) is 23.1. The molecule has 1 unspecified atom stereocenters. The van der Waals surface area contributed by atoms with Gasteiger partial charge in [0, 0.05) is 40.2 Å². The number of thiazole rings is 1. The van der Waals surface area contributed by atoms with Gasteiger partial charge in [-0.15, -0.1) is 0 Å². The van der Waals surface area contributed by atoms with Crippen LogP contribution in [-0.4, -0.2) is 29.5 Å². The van der Waals surface area contributed by atoms with Crippen molar-refractivity contribution >= 4 is 66.7 Å². The van der Waals surface area contributed by atoms with Gasteiger partial charge in [-0.3, -0.25) is 4.79 Å². The molecular formula is C20H16Cl2N4OS. The Morgan fingerprint density at radius 1 is 1.25 bits per heavy atom. The summed E-state index contributed by atoms with van der Waals surface area (Å²) >= 11 is 13.9. The molecule has 1 aliphatic rings. The Hall–Kier alpha value is -2.28. The Balaban J connectivity index is 1.63. The summed E-state index contributed by atoms with van der Waals surface area (Å²) in [6, 6.07) is 11.4. The third kappa shape index (κ3) is 2.83. The Kier molecular flexibility index (Phi) is 4.23. The van der Waals surface area contributed by atoms with Crippen molar-refractivity contribution in [3.05, 3.63) is 57.7 Å². The highest BCUT2D eigenvalue weighted by Gasteiger charge is 2.34. The topological polar surface area (TPSA) is 61.0 Å². The monoisotopic (exact) mass is 430 g/mol. The normalized spacial score (nSPS) is 16.5. The van der Waals surface area contributed by atoms with E-state index in [1.165, 1.54) is 0 Å². The molecule has 5 nitrogen and oxygen atoms in total. The first kappa shape index (κ1) is 17.8. The minimum Gasteiger partial charge on any atom is -0.359 e. The number of nitrogens with one attached hydrogen (secondary N) is 2. The molecule has 2 aromatic carbocycles. The van der Waals surface area contributed by atoms with E-state index in [1.54, 1.807) is 18.4 Å². The number of aromatic nitrogens is 2. The molecule has 1 amide bonds. The van der Waals surface area contributed by atoms with Crippen LogP contribution in [0.4, 0.5) is 5.13 Å². The van der Waals surface area contributed by atoms with Crippen molar-refractivity contribution in [2.24, 2.45) is 0 Å². The molecule has 0 aliphatic carbocycles. The molecule has 0 saturated carbocycles. The standard InChI is InChI=1S/C20H16Cl2N4OS/c1-23-19(27)13-8-26(20-25-15-5-3-11(22)7-17(15)28-20)9-16-18(13)12-6-10(21)2-4-14(12)24-16/h2-7,13,24H,8-9H2,1H3,(H,23,27). The lowest BCUT2D eigenvalue weighted by Crippen LogP contribution is -2.40. The van der Waals surface area contributed by atoms with Crippen molar-refractivity contribution in [1.29, 1.82) is 0 Å². The van der Waals surface area contributed by atoms with E-state index in [0.717, 1.165) is 37.5 Å².